The van der Waals surface area contributed by atoms with Gasteiger partial charge in [-0.15, -0.1) is 0 Å². The summed E-state index contributed by atoms with van der Waals surface area (Å²) >= 11 is 0. The molecular weight excluding hydrogens is 258 g/mol. The van der Waals surface area contributed by atoms with E-state index in [0.717, 1.165) is 4.68 Å². The van der Waals surface area contributed by atoms with Crippen molar-refractivity contribution in [3.8, 4) is 0 Å². The fraction of sp³-hybridized carbons (Fsp3) is 0.154. The van der Waals surface area contributed by atoms with Crippen molar-refractivity contribution in [2.75, 3.05) is 18.0 Å². The molecule has 0 saturated heterocycles. The maximum atomic E-state index is 11.9. The molecule has 0 aliphatic carbocycles. The van der Waals surface area contributed by atoms with Crippen molar-refractivity contribution in [1.82, 2.24) is 15.1 Å². The molecule has 1 heterocycles. The minimum absolute atomic E-state index is 0.186. The first-order valence-corrected chi connectivity index (χ1v) is 5.96. The number of hydrogen-bond donors (Lipinski definition) is 3. The maximum Gasteiger partial charge on any atom is 0.268 e. The van der Waals surface area contributed by atoms with Crippen LogP contribution in [0.4, 0.5) is 11.5 Å². The molecule has 0 atom stereocenters. The van der Waals surface area contributed by atoms with Crippen LogP contribution in [0.25, 0.3) is 0 Å². The first-order chi connectivity index (χ1) is 9.47. The van der Waals surface area contributed by atoms with Crippen LogP contribution in [0.15, 0.2) is 30.3 Å². The highest BCUT2D eigenvalue weighted by atomic mass is 16.2. The van der Waals surface area contributed by atoms with Crippen molar-refractivity contribution in [2.24, 2.45) is 0 Å². The molecule has 7 heteroatoms. The molecule has 1 amide bonds. The number of anilines is 2. The molecule has 0 fully saturated rings. The Morgan fingerprint density at radius 2 is 1.90 bits per heavy atom. The van der Waals surface area contributed by atoms with Gasteiger partial charge in [-0.05, 0) is 31.2 Å². The minimum atomic E-state index is -0.403. The van der Waals surface area contributed by atoms with Crippen molar-refractivity contribution < 1.29 is 9.59 Å². The van der Waals surface area contributed by atoms with Gasteiger partial charge in [-0.1, -0.05) is 0 Å². The van der Waals surface area contributed by atoms with Crippen LogP contribution in [0.1, 0.15) is 20.8 Å². The number of benzene rings is 1. The quantitative estimate of drug-likeness (QED) is 0.701. The molecule has 0 spiro atoms. The molecule has 0 aliphatic rings. The Morgan fingerprint density at radius 1 is 1.25 bits per heavy atom. The Kier molecular flexibility index (Phi) is 3.69. The van der Waals surface area contributed by atoms with E-state index < -0.39 is 5.91 Å². The zero-order valence-electron chi connectivity index (χ0n) is 11.0. The topological polar surface area (TPSA) is 116 Å². The largest absolute Gasteiger partial charge is 0.399 e. The van der Waals surface area contributed by atoms with Crippen LogP contribution in [-0.2, 0) is 0 Å². The van der Waals surface area contributed by atoms with Gasteiger partial charge in [0, 0.05) is 17.3 Å². The number of aromatic nitrogens is 2. The van der Waals surface area contributed by atoms with Gasteiger partial charge in [0.15, 0.2) is 0 Å². The number of amides is 1. The highest BCUT2D eigenvalue weighted by Gasteiger charge is 2.12. The highest BCUT2D eigenvalue weighted by Crippen LogP contribution is 2.06. The number of carbonyl (C=O) groups is 2. The first kappa shape index (κ1) is 13.6. The van der Waals surface area contributed by atoms with Crippen LogP contribution in [0.3, 0.4) is 0 Å². The number of nitrogens with one attached hydrogen (secondary N) is 1. The molecule has 2 aromatic rings. The summed E-state index contributed by atoms with van der Waals surface area (Å²) in [6.45, 7) is 1.54. The van der Waals surface area contributed by atoms with Crippen LogP contribution in [0.2, 0.25) is 0 Å². The lowest BCUT2D eigenvalue weighted by Crippen LogP contribution is -2.33. The van der Waals surface area contributed by atoms with E-state index in [1.807, 2.05) is 0 Å². The summed E-state index contributed by atoms with van der Waals surface area (Å²) in [6, 6.07) is 7.99. The number of nitrogen functional groups attached to an aromatic ring is 2. The van der Waals surface area contributed by atoms with Crippen LogP contribution in [0.5, 0.6) is 0 Å². The van der Waals surface area contributed by atoms with Gasteiger partial charge in [-0.2, -0.15) is 9.78 Å². The number of carbonyl (C=O) groups excluding carboxylic acids is 2. The lowest BCUT2D eigenvalue weighted by atomic mass is 10.2. The Morgan fingerprint density at radius 3 is 2.45 bits per heavy atom. The first-order valence-electron chi connectivity index (χ1n) is 5.96. The summed E-state index contributed by atoms with van der Waals surface area (Å²) < 4.78 is 1.07. The Hall–Kier alpha value is -2.83. The second-order valence-electron chi connectivity index (χ2n) is 4.32. The van der Waals surface area contributed by atoms with E-state index in [1.54, 1.807) is 37.3 Å². The van der Waals surface area contributed by atoms with Gasteiger partial charge in [0.1, 0.15) is 5.82 Å². The molecule has 1 aromatic heterocycles. The van der Waals surface area contributed by atoms with Gasteiger partial charge in [0.05, 0.1) is 12.2 Å². The molecule has 104 valence electrons. The molecule has 0 bridgehead atoms. The van der Waals surface area contributed by atoms with E-state index in [2.05, 4.69) is 10.4 Å². The normalized spacial score (nSPS) is 10.2. The summed E-state index contributed by atoms with van der Waals surface area (Å²) in [6.07, 6.45) is 0. The summed E-state index contributed by atoms with van der Waals surface area (Å²) in [7, 11) is 0. The number of hydrogen-bond acceptors (Lipinski definition) is 5. The third-order valence-electron chi connectivity index (χ3n) is 2.67. The second-order valence-corrected chi connectivity index (χ2v) is 4.32. The molecule has 0 unspecified atom stereocenters. The average Bonchev–Trinajstić information content (AvgIpc) is 2.75. The highest BCUT2D eigenvalue weighted by molar-refractivity contribution is 5.97. The van der Waals surface area contributed by atoms with Crippen molar-refractivity contribution in [1.29, 1.82) is 0 Å². The predicted octanol–water partition coefficient (Wildman–Crippen LogP) is 0.426. The lowest BCUT2D eigenvalue weighted by Gasteiger charge is -2.06. The lowest BCUT2D eigenvalue weighted by molar-refractivity contribution is 0.0852. The van der Waals surface area contributed by atoms with Crippen molar-refractivity contribution in [3.63, 3.8) is 0 Å². The van der Waals surface area contributed by atoms with Crippen LogP contribution in [-0.4, -0.2) is 28.1 Å². The zero-order valence-corrected chi connectivity index (χ0v) is 11.0. The third-order valence-corrected chi connectivity index (χ3v) is 2.67. The fourth-order valence-electron chi connectivity index (χ4n) is 1.69. The van der Waals surface area contributed by atoms with Crippen molar-refractivity contribution >= 4 is 23.3 Å². The zero-order chi connectivity index (χ0) is 14.7. The van der Waals surface area contributed by atoms with Crippen molar-refractivity contribution in [3.05, 3.63) is 41.6 Å². The predicted molar refractivity (Wildman–Crippen MR) is 75.2 cm³/mol. The molecular formula is C13H15N5O2. The van der Waals surface area contributed by atoms with E-state index in [1.165, 1.54) is 0 Å². The smallest absolute Gasteiger partial charge is 0.268 e. The summed E-state index contributed by atoms with van der Waals surface area (Å²) in [5.74, 6) is -0.519. The molecule has 0 saturated carbocycles. The van der Waals surface area contributed by atoms with Gasteiger partial charge >= 0.3 is 0 Å². The van der Waals surface area contributed by atoms with Crippen molar-refractivity contribution in [2.45, 2.75) is 6.92 Å². The third kappa shape index (κ3) is 2.94. The van der Waals surface area contributed by atoms with E-state index >= 15 is 0 Å². The SMILES string of the molecule is Cc1cc(N)n(C(=O)CNC(=O)c2ccc(N)cc2)n1. The Balaban J connectivity index is 1.98. The standard InChI is InChI=1S/C13H15N5O2/c1-8-6-11(15)18(17-8)12(19)7-16-13(20)9-2-4-10(14)5-3-9/h2-6H,7,14-15H2,1H3,(H,16,20). The van der Waals surface area contributed by atoms with Crippen LogP contribution in [0, 0.1) is 6.92 Å². The number of rotatable bonds is 3. The molecule has 20 heavy (non-hydrogen) atoms. The fourth-order valence-corrected chi connectivity index (χ4v) is 1.69. The Labute approximate surface area is 115 Å². The molecule has 1 aromatic carbocycles. The van der Waals surface area contributed by atoms with Gasteiger partial charge < -0.3 is 16.8 Å². The summed E-state index contributed by atoms with van der Waals surface area (Å²) in [5.41, 5.74) is 12.8. The molecule has 0 aliphatic heterocycles. The Bertz CT molecular complexity index is 645. The summed E-state index contributed by atoms with van der Waals surface area (Å²) in [5, 5.41) is 6.45. The molecule has 2 rings (SSSR count). The molecule has 7 nitrogen and oxygen atoms in total. The van der Waals surface area contributed by atoms with Crippen LogP contribution >= 0.6 is 0 Å². The number of nitrogens with zero attached hydrogens (tertiary/aromatic N) is 2. The maximum absolute atomic E-state index is 11.9. The van der Waals surface area contributed by atoms with E-state index in [0.29, 0.717) is 16.9 Å². The van der Waals surface area contributed by atoms with E-state index in [-0.39, 0.29) is 18.3 Å². The van der Waals surface area contributed by atoms with Gasteiger partial charge in [0.25, 0.3) is 11.8 Å². The minimum Gasteiger partial charge on any atom is -0.399 e. The average molecular weight is 273 g/mol. The van der Waals surface area contributed by atoms with E-state index in [4.69, 9.17) is 11.5 Å². The van der Waals surface area contributed by atoms with Gasteiger partial charge in [-0.3, -0.25) is 9.59 Å². The second kappa shape index (κ2) is 5.43. The van der Waals surface area contributed by atoms with E-state index in [9.17, 15) is 9.59 Å². The number of nitrogens with two attached hydrogens (primary N) is 2. The molecule has 0 radical (unpaired) electrons. The summed E-state index contributed by atoms with van der Waals surface area (Å²) in [4.78, 5) is 23.7. The van der Waals surface area contributed by atoms with Crippen LogP contribution < -0.4 is 16.8 Å². The number of aryl methyl sites for hydroxylation is 1. The molecule has 5 N–H and O–H groups in total. The van der Waals surface area contributed by atoms with Gasteiger partial charge in [-0.25, -0.2) is 0 Å². The van der Waals surface area contributed by atoms with Gasteiger partial charge in [0.2, 0.25) is 0 Å². The monoisotopic (exact) mass is 273 g/mol.